The van der Waals surface area contributed by atoms with Crippen molar-refractivity contribution in [3.05, 3.63) is 11.6 Å². The van der Waals surface area contributed by atoms with Gasteiger partial charge in [0.1, 0.15) is 11.6 Å². The van der Waals surface area contributed by atoms with Gasteiger partial charge in [-0.25, -0.2) is 9.67 Å². The van der Waals surface area contributed by atoms with Crippen molar-refractivity contribution >= 4 is 0 Å². The molecule has 0 aliphatic rings. The summed E-state index contributed by atoms with van der Waals surface area (Å²) in [5.41, 5.74) is -0.272. The molecule has 16 heavy (non-hydrogen) atoms. The molecule has 1 aromatic heterocycles. The molecule has 1 rings (SSSR count). The second-order valence-corrected chi connectivity index (χ2v) is 4.67. The van der Waals surface area contributed by atoms with Crippen LogP contribution in [0.2, 0.25) is 0 Å². The maximum Gasteiger partial charge on any atom is 0.147 e. The highest BCUT2D eigenvalue weighted by Gasteiger charge is 2.25. The van der Waals surface area contributed by atoms with E-state index in [1.165, 1.54) is 0 Å². The molecule has 0 saturated carbocycles. The minimum absolute atomic E-state index is 0.112. The number of aromatic nitrogens is 3. The first-order valence-corrected chi connectivity index (χ1v) is 5.61. The van der Waals surface area contributed by atoms with E-state index < -0.39 is 0 Å². The van der Waals surface area contributed by atoms with Crippen LogP contribution in [0.1, 0.15) is 38.0 Å². The lowest BCUT2D eigenvalue weighted by atomic mass is 9.95. The SMILES string of the molecule is CNC(C)(CO)CC(C)n1nc(C)nc1C. The van der Waals surface area contributed by atoms with Crippen LogP contribution in [0.15, 0.2) is 0 Å². The van der Waals surface area contributed by atoms with Crippen LogP contribution >= 0.6 is 0 Å². The molecule has 5 heteroatoms. The third-order valence-corrected chi connectivity index (χ3v) is 3.02. The van der Waals surface area contributed by atoms with Gasteiger partial charge in [-0.05, 0) is 41.2 Å². The van der Waals surface area contributed by atoms with Gasteiger partial charge in [0, 0.05) is 5.54 Å². The molecule has 2 N–H and O–H groups in total. The molecule has 0 bridgehead atoms. The maximum atomic E-state index is 9.35. The van der Waals surface area contributed by atoms with Crippen molar-refractivity contribution in [2.45, 2.75) is 45.7 Å². The fourth-order valence-electron chi connectivity index (χ4n) is 1.94. The zero-order chi connectivity index (χ0) is 12.3. The zero-order valence-corrected chi connectivity index (χ0v) is 10.8. The number of aliphatic hydroxyl groups excluding tert-OH is 1. The quantitative estimate of drug-likeness (QED) is 0.780. The molecule has 1 heterocycles. The second kappa shape index (κ2) is 4.93. The maximum absolute atomic E-state index is 9.35. The lowest BCUT2D eigenvalue weighted by Crippen LogP contribution is -2.45. The van der Waals surface area contributed by atoms with Crippen molar-refractivity contribution in [2.75, 3.05) is 13.7 Å². The first-order chi connectivity index (χ1) is 7.41. The second-order valence-electron chi connectivity index (χ2n) is 4.67. The number of aryl methyl sites for hydroxylation is 2. The van der Waals surface area contributed by atoms with Gasteiger partial charge in [-0.1, -0.05) is 0 Å². The van der Waals surface area contributed by atoms with Crippen LogP contribution in [0, 0.1) is 13.8 Å². The minimum atomic E-state index is -0.272. The molecular formula is C11H22N4O. The summed E-state index contributed by atoms with van der Waals surface area (Å²) in [6, 6.07) is 0.214. The smallest absolute Gasteiger partial charge is 0.147 e. The van der Waals surface area contributed by atoms with Crippen LogP contribution in [-0.4, -0.2) is 39.1 Å². The summed E-state index contributed by atoms with van der Waals surface area (Å²) in [7, 11) is 1.86. The molecule has 0 aromatic carbocycles. The topological polar surface area (TPSA) is 63.0 Å². The minimum Gasteiger partial charge on any atom is -0.394 e. The Bertz CT molecular complexity index is 344. The Hall–Kier alpha value is -0.940. The van der Waals surface area contributed by atoms with E-state index in [9.17, 15) is 5.11 Å². The van der Waals surface area contributed by atoms with Gasteiger partial charge in [0.2, 0.25) is 0 Å². The number of aliphatic hydroxyl groups is 1. The Kier molecular flexibility index (Phi) is 4.04. The summed E-state index contributed by atoms with van der Waals surface area (Å²) in [6.45, 7) is 8.04. The highest BCUT2D eigenvalue weighted by Crippen LogP contribution is 2.20. The van der Waals surface area contributed by atoms with Crippen molar-refractivity contribution in [2.24, 2.45) is 0 Å². The van der Waals surface area contributed by atoms with E-state index >= 15 is 0 Å². The van der Waals surface area contributed by atoms with Crippen molar-refractivity contribution in [3.8, 4) is 0 Å². The Morgan fingerprint density at radius 3 is 2.50 bits per heavy atom. The molecule has 2 atom stereocenters. The Morgan fingerprint density at radius 2 is 2.12 bits per heavy atom. The Balaban J connectivity index is 2.79. The average molecular weight is 226 g/mol. The monoisotopic (exact) mass is 226 g/mol. The molecule has 0 aliphatic heterocycles. The first kappa shape index (κ1) is 13.1. The molecule has 0 amide bonds. The predicted octanol–water partition coefficient (Wildman–Crippen LogP) is 0.816. The van der Waals surface area contributed by atoms with E-state index in [1.807, 2.05) is 32.5 Å². The number of hydrogen-bond acceptors (Lipinski definition) is 4. The van der Waals surface area contributed by atoms with E-state index in [1.54, 1.807) is 0 Å². The number of nitrogens with zero attached hydrogens (tertiary/aromatic N) is 3. The lowest BCUT2D eigenvalue weighted by Gasteiger charge is -2.30. The highest BCUT2D eigenvalue weighted by atomic mass is 16.3. The largest absolute Gasteiger partial charge is 0.394 e. The Morgan fingerprint density at radius 1 is 1.50 bits per heavy atom. The predicted molar refractivity (Wildman–Crippen MR) is 63.4 cm³/mol. The van der Waals surface area contributed by atoms with Crippen LogP contribution in [0.4, 0.5) is 0 Å². The molecule has 92 valence electrons. The lowest BCUT2D eigenvalue weighted by molar-refractivity contribution is 0.156. The van der Waals surface area contributed by atoms with Crippen LogP contribution in [0.3, 0.4) is 0 Å². The van der Waals surface area contributed by atoms with Crippen LogP contribution in [0.25, 0.3) is 0 Å². The molecule has 0 spiro atoms. The van der Waals surface area contributed by atoms with Gasteiger partial charge in [0.15, 0.2) is 0 Å². The molecule has 0 saturated heterocycles. The summed E-state index contributed by atoms with van der Waals surface area (Å²) in [4.78, 5) is 4.28. The summed E-state index contributed by atoms with van der Waals surface area (Å²) in [5.74, 6) is 1.71. The van der Waals surface area contributed by atoms with E-state index in [4.69, 9.17) is 0 Å². The standard InChI is InChI=1S/C11H22N4O/c1-8(6-11(4,7-16)12-5)15-10(3)13-9(2)14-15/h8,12,16H,6-7H2,1-5H3. The van der Waals surface area contributed by atoms with Gasteiger partial charge in [0.05, 0.1) is 12.6 Å². The average Bonchev–Trinajstić information content (AvgIpc) is 2.57. The molecule has 0 radical (unpaired) electrons. The third kappa shape index (κ3) is 2.80. The van der Waals surface area contributed by atoms with E-state index in [-0.39, 0.29) is 18.2 Å². The van der Waals surface area contributed by atoms with Gasteiger partial charge in [-0.2, -0.15) is 5.10 Å². The molecule has 5 nitrogen and oxygen atoms in total. The van der Waals surface area contributed by atoms with Crippen molar-refractivity contribution in [1.29, 1.82) is 0 Å². The zero-order valence-electron chi connectivity index (χ0n) is 10.8. The van der Waals surface area contributed by atoms with Gasteiger partial charge in [-0.3, -0.25) is 0 Å². The number of hydrogen-bond donors (Lipinski definition) is 2. The molecule has 0 aliphatic carbocycles. The van der Waals surface area contributed by atoms with E-state index in [2.05, 4.69) is 22.3 Å². The van der Waals surface area contributed by atoms with Crippen LogP contribution in [-0.2, 0) is 0 Å². The molecule has 1 aromatic rings. The van der Waals surface area contributed by atoms with Crippen molar-refractivity contribution in [3.63, 3.8) is 0 Å². The summed E-state index contributed by atoms with van der Waals surface area (Å²) >= 11 is 0. The third-order valence-electron chi connectivity index (χ3n) is 3.02. The number of rotatable bonds is 5. The van der Waals surface area contributed by atoms with Gasteiger partial charge >= 0.3 is 0 Å². The van der Waals surface area contributed by atoms with E-state index in [0.717, 1.165) is 18.1 Å². The first-order valence-electron chi connectivity index (χ1n) is 5.61. The van der Waals surface area contributed by atoms with Gasteiger partial charge in [0.25, 0.3) is 0 Å². The fourth-order valence-corrected chi connectivity index (χ4v) is 1.94. The van der Waals surface area contributed by atoms with Crippen LogP contribution < -0.4 is 5.32 Å². The van der Waals surface area contributed by atoms with Crippen molar-refractivity contribution < 1.29 is 5.11 Å². The molecule has 0 fully saturated rings. The summed E-state index contributed by atoms with van der Waals surface area (Å²) in [5, 5.41) is 16.9. The Labute approximate surface area is 96.9 Å². The summed E-state index contributed by atoms with van der Waals surface area (Å²) in [6.07, 6.45) is 0.809. The van der Waals surface area contributed by atoms with Crippen LogP contribution in [0.5, 0.6) is 0 Å². The normalized spacial score (nSPS) is 17.1. The number of likely N-dealkylation sites (N-methyl/N-ethyl adjacent to an activating group) is 1. The fraction of sp³-hybridized carbons (Fsp3) is 0.818. The van der Waals surface area contributed by atoms with Crippen molar-refractivity contribution in [1.82, 2.24) is 20.1 Å². The molecular weight excluding hydrogens is 204 g/mol. The van der Waals surface area contributed by atoms with E-state index in [0.29, 0.717) is 0 Å². The summed E-state index contributed by atoms with van der Waals surface area (Å²) < 4.78 is 1.92. The highest BCUT2D eigenvalue weighted by molar-refractivity contribution is 4.92. The number of nitrogens with one attached hydrogen (secondary N) is 1. The molecule has 2 unspecified atom stereocenters. The van der Waals surface area contributed by atoms with Gasteiger partial charge in [-0.15, -0.1) is 0 Å². The van der Waals surface area contributed by atoms with Gasteiger partial charge < -0.3 is 10.4 Å².